The van der Waals surface area contributed by atoms with E-state index in [4.69, 9.17) is 0 Å². The third-order valence-corrected chi connectivity index (χ3v) is 4.68. The molecule has 0 aliphatic rings. The van der Waals surface area contributed by atoms with E-state index in [1.54, 1.807) is 7.05 Å². The van der Waals surface area contributed by atoms with Crippen LogP contribution in [0.15, 0.2) is 38.8 Å². The maximum absolute atomic E-state index is 12.3. The smallest absolute Gasteiger partial charge is 0.333 e. The molecule has 2 aromatic rings. The first kappa shape index (κ1) is 17.1. The summed E-state index contributed by atoms with van der Waals surface area (Å²) in [6, 6.07) is 8.05. The Morgan fingerprint density at radius 3 is 2.35 bits per heavy atom. The summed E-state index contributed by atoms with van der Waals surface area (Å²) in [4.78, 5) is 28.2. The van der Waals surface area contributed by atoms with Crippen molar-refractivity contribution in [3.05, 3.63) is 61.8 Å². The van der Waals surface area contributed by atoms with Gasteiger partial charge in [-0.25, -0.2) is 4.79 Å². The van der Waals surface area contributed by atoms with E-state index in [1.807, 2.05) is 31.2 Å². The van der Waals surface area contributed by atoms with E-state index in [9.17, 15) is 14.7 Å². The van der Waals surface area contributed by atoms with Gasteiger partial charge in [-0.1, -0.05) is 29.8 Å². The highest BCUT2D eigenvalue weighted by Crippen LogP contribution is 2.22. The Morgan fingerprint density at radius 2 is 1.78 bits per heavy atom. The summed E-state index contributed by atoms with van der Waals surface area (Å²) in [6.07, 6.45) is 0. The van der Waals surface area contributed by atoms with Gasteiger partial charge < -0.3 is 5.11 Å². The van der Waals surface area contributed by atoms with Crippen molar-refractivity contribution in [2.75, 3.05) is 7.05 Å². The molecule has 0 aliphatic heterocycles. The summed E-state index contributed by atoms with van der Waals surface area (Å²) in [7, 11) is 4.35. The standard InChI is InChI=1S/C16H19N3O3S/c1-10-5-7-11(8-6-10)9-23-13(17-2)12-14(20)18(3)16(22)19(4)15(12)21/h5-8,20H,9H2,1-4H3. The minimum absolute atomic E-state index is 0.0502. The molecule has 6 nitrogen and oxygen atoms in total. The molecule has 1 N–H and O–H groups in total. The molecule has 1 heterocycles. The molecule has 23 heavy (non-hydrogen) atoms. The lowest BCUT2D eigenvalue weighted by molar-refractivity contribution is 0.410. The maximum atomic E-state index is 12.3. The van der Waals surface area contributed by atoms with Crippen LogP contribution in [0.2, 0.25) is 0 Å². The van der Waals surface area contributed by atoms with Crippen LogP contribution in [0.3, 0.4) is 0 Å². The van der Waals surface area contributed by atoms with E-state index in [0.717, 1.165) is 14.7 Å². The fourth-order valence-corrected chi connectivity index (χ4v) is 3.05. The Bertz CT molecular complexity index is 864. The van der Waals surface area contributed by atoms with Gasteiger partial charge in [0.05, 0.1) is 0 Å². The van der Waals surface area contributed by atoms with Crippen molar-refractivity contribution in [1.82, 2.24) is 9.13 Å². The summed E-state index contributed by atoms with van der Waals surface area (Å²) in [5.74, 6) is 0.244. The highest BCUT2D eigenvalue weighted by Gasteiger charge is 2.20. The number of hydrogen-bond acceptors (Lipinski definition) is 5. The zero-order chi connectivity index (χ0) is 17.1. The van der Waals surface area contributed by atoms with Crippen LogP contribution in [0.25, 0.3) is 0 Å². The zero-order valence-corrected chi connectivity index (χ0v) is 14.3. The van der Waals surface area contributed by atoms with Gasteiger partial charge in [-0.2, -0.15) is 0 Å². The maximum Gasteiger partial charge on any atom is 0.333 e. The third kappa shape index (κ3) is 3.39. The fraction of sp³-hybridized carbons (Fsp3) is 0.312. The first-order valence-electron chi connectivity index (χ1n) is 7.01. The summed E-state index contributed by atoms with van der Waals surface area (Å²) >= 11 is 1.35. The normalized spacial score (nSPS) is 11.7. The van der Waals surface area contributed by atoms with Crippen molar-refractivity contribution in [3.8, 4) is 5.88 Å². The summed E-state index contributed by atoms with van der Waals surface area (Å²) < 4.78 is 2.00. The second-order valence-electron chi connectivity index (χ2n) is 5.21. The predicted octanol–water partition coefficient (Wildman–Crippen LogP) is 1.41. The molecule has 0 unspecified atom stereocenters. The van der Waals surface area contributed by atoms with E-state index in [-0.39, 0.29) is 11.4 Å². The molecule has 0 saturated carbocycles. The van der Waals surface area contributed by atoms with Gasteiger partial charge in [0.15, 0.2) is 0 Å². The fourth-order valence-electron chi connectivity index (χ4n) is 2.11. The van der Waals surface area contributed by atoms with Crippen LogP contribution in [0.5, 0.6) is 5.88 Å². The molecule has 0 aliphatic carbocycles. The quantitative estimate of drug-likeness (QED) is 0.680. The van der Waals surface area contributed by atoms with Crippen molar-refractivity contribution >= 4 is 16.8 Å². The molecule has 2 rings (SSSR count). The molecule has 0 atom stereocenters. The van der Waals surface area contributed by atoms with Gasteiger partial charge >= 0.3 is 5.69 Å². The lowest BCUT2D eigenvalue weighted by Crippen LogP contribution is -2.39. The van der Waals surface area contributed by atoms with Crippen LogP contribution in [-0.2, 0) is 19.8 Å². The van der Waals surface area contributed by atoms with E-state index in [0.29, 0.717) is 10.8 Å². The van der Waals surface area contributed by atoms with Gasteiger partial charge in [0, 0.05) is 26.9 Å². The highest BCUT2D eigenvalue weighted by molar-refractivity contribution is 8.13. The molecular formula is C16H19N3O3S. The first-order valence-corrected chi connectivity index (χ1v) is 7.99. The molecule has 0 amide bonds. The van der Waals surface area contributed by atoms with Gasteiger partial charge in [0.1, 0.15) is 10.6 Å². The van der Waals surface area contributed by atoms with Crippen LogP contribution in [0.1, 0.15) is 16.7 Å². The molecule has 0 radical (unpaired) electrons. The topological polar surface area (TPSA) is 76.6 Å². The van der Waals surface area contributed by atoms with Crippen LogP contribution in [0.4, 0.5) is 0 Å². The Morgan fingerprint density at radius 1 is 1.17 bits per heavy atom. The van der Waals surface area contributed by atoms with Gasteiger partial charge in [-0.15, -0.1) is 11.8 Å². The van der Waals surface area contributed by atoms with E-state index < -0.39 is 11.2 Å². The molecule has 122 valence electrons. The van der Waals surface area contributed by atoms with Gasteiger partial charge in [-0.05, 0) is 12.5 Å². The Hall–Kier alpha value is -2.28. The van der Waals surface area contributed by atoms with Crippen LogP contribution in [-0.4, -0.2) is 26.3 Å². The minimum Gasteiger partial charge on any atom is -0.494 e. The summed E-state index contributed by atoms with van der Waals surface area (Å²) in [5, 5.41) is 10.6. The molecule has 1 aromatic carbocycles. The van der Waals surface area contributed by atoms with Crippen molar-refractivity contribution in [2.45, 2.75) is 12.7 Å². The second-order valence-corrected chi connectivity index (χ2v) is 6.17. The number of nitrogens with zero attached hydrogens (tertiary/aromatic N) is 3. The molecular weight excluding hydrogens is 314 g/mol. The summed E-state index contributed by atoms with van der Waals surface area (Å²) in [5.41, 5.74) is 1.18. The minimum atomic E-state index is -0.574. The largest absolute Gasteiger partial charge is 0.494 e. The zero-order valence-electron chi connectivity index (χ0n) is 13.5. The molecule has 1 aromatic heterocycles. The average molecular weight is 333 g/mol. The molecule has 0 saturated heterocycles. The Labute approximate surface area is 138 Å². The van der Waals surface area contributed by atoms with Crippen molar-refractivity contribution in [2.24, 2.45) is 19.1 Å². The lowest BCUT2D eigenvalue weighted by Gasteiger charge is -2.12. The van der Waals surface area contributed by atoms with Crippen molar-refractivity contribution in [3.63, 3.8) is 0 Å². The van der Waals surface area contributed by atoms with Crippen molar-refractivity contribution in [1.29, 1.82) is 0 Å². The number of hydrogen-bond donors (Lipinski definition) is 1. The number of aryl methyl sites for hydroxylation is 1. The molecule has 0 spiro atoms. The lowest BCUT2D eigenvalue weighted by atomic mass is 10.2. The van der Waals surface area contributed by atoms with E-state index in [1.165, 1.54) is 31.4 Å². The SMILES string of the molecule is CN=C(SCc1ccc(C)cc1)c1c(O)n(C)c(=O)n(C)c1=O. The molecule has 0 fully saturated rings. The van der Waals surface area contributed by atoms with Gasteiger partial charge in [0.2, 0.25) is 5.88 Å². The highest BCUT2D eigenvalue weighted by atomic mass is 32.2. The molecule has 7 heteroatoms. The Balaban J connectivity index is 2.38. The first-order chi connectivity index (χ1) is 10.9. The number of thioether (sulfide) groups is 1. The van der Waals surface area contributed by atoms with E-state index in [2.05, 4.69) is 4.99 Å². The number of rotatable bonds is 3. The van der Waals surface area contributed by atoms with Crippen LogP contribution >= 0.6 is 11.8 Å². The third-order valence-electron chi connectivity index (χ3n) is 3.55. The second kappa shape index (κ2) is 6.87. The number of benzene rings is 1. The predicted molar refractivity (Wildman–Crippen MR) is 93.5 cm³/mol. The number of aromatic nitrogens is 2. The molecule has 0 bridgehead atoms. The van der Waals surface area contributed by atoms with E-state index >= 15 is 0 Å². The van der Waals surface area contributed by atoms with Crippen LogP contribution in [0, 0.1) is 6.92 Å². The van der Waals surface area contributed by atoms with Gasteiger partial charge in [-0.3, -0.25) is 18.9 Å². The number of aliphatic imine (C=N–C) groups is 1. The van der Waals surface area contributed by atoms with Crippen molar-refractivity contribution < 1.29 is 5.11 Å². The Kier molecular flexibility index (Phi) is 5.10. The van der Waals surface area contributed by atoms with Gasteiger partial charge in [0.25, 0.3) is 5.56 Å². The van der Waals surface area contributed by atoms with Crippen LogP contribution < -0.4 is 11.2 Å². The number of aromatic hydroxyl groups is 1. The summed E-state index contributed by atoms with van der Waals surface area (Å²) in [6.45, 7) is 2.02. The average Bonchev–Trinajstić information content (AvgIpc) is 2.55. The monoisotopic (exact) mass is 333 g/mol.